The van der Waals surface area contributed by atoms with Gasteiger partial charge in [0, 0.05) is 12.6 Å². The monoisotopic (exact) mass is 152 g/mol. The van der Waals surface area contributed by atoms with Crippen molar-refractivity contribution in [1.82, 2.24) is 0 Å². The molecule has 11 heavy (non-hydrogen) atoms. The molecule has 1 aliphatic rings. The molecule has 1 aromatic carbocycles. The first kappa shape index (κ1) is 6.61. The maximum Gasteiger partial charge on any atom is 0.146 e. The molecule has 0 amide bonds. The number of benzene rings is 1. The molecule has 0 bridgehead atoms. The topological polar surface area (TPSA) is 38.0 Å². The number of para-hydroxylation sites is 1. The van der Waals surface area contributed by atoms with E-state index >= 15 is 0 Å². The summed E-state index contributed by atoms with van der Waals surface area (Å²) < 4.78 is 12.9. The molecule has 58 valence electrons. The van der Waals surface area contributed by atoms with Crippen LogP contribution in [-0.4, -0.2) is 6.54 Å². The minimum atomic E-state index is -0.213. The Morgan fingerprint density at radius 1 is 1.55 bits per heavy atom. The number of hydrogen-bond donors (Lipinski definition) is 2. The van der Waals surface area contributed by atoms with Gasteiger partial charge in [0.15, 0.2) is 0 Å². The predicted molar refractivity (Wildman–Crippen MR) is 41.8 cm³/mol. The summed E-state index contributed by atoms with van der Waals surface area (Å²) in [4.78, 5) is 0. The zero-order chi connectivity index (χ0) is 7.84. The minimum Gasteiger partial charge on any atom is -0.380 e. The fourth-order valence-corrected chi connectivity index (χ4v) is 1.36. The van der Waals surface area contributed by atoms with Crippen molar-refractivity contribution >= 4 is 5.69 Å². The zero-order valence-corrected chi connectivity index (χ0v) is 5.97. The largest absolute Gasteiger partial charge is 0.380 e. The van der Waals surface area contributed by atoms with Crippen LogP contribution in [0.15, 0.2) is 18.2 Å². The average molecular weight is 152 g/mol. The van der Waals surface area contributed by atoms with Gasteiger partial charge >= 0.3 is 0 Å². The van der Waals surface area contributed by atoms with E-state index in [1.165, 1.54) is 6.07 Å². The van der Waals surface area contributed by atoms with Gasteiger partial charge in [-0.3, -0.25) is 0 Å². The highest BCUT2D eigenvalue weighted by molar-refractivity contribution is 5.58. The van der Waals surface area contributed by atoms with Crippen molar-refractivity contribution in [2.75, 3.05) is 11.9 Å². The minimum absolute atomic E-state index is 0.0549. The van der Waals surface area contributed by atoms with E-state index in [0.717, 1.165) is 5.56 Å². The van der Waals surface area contributed by atoms with Crippen molar-refractivity contribution in [2.24, 2.45) is 5.73 Å². The third kappa shape index (κ3) is 0.886. The molecule has 0 saturated heterocycles. The van der Waals surface area contributed by atoms with Gasteiger partial charge in [0.1, 0.15) is 5.82 Å². The van der Waals surface area contributed by atoms with Crippen LogP contribution in [0.1, 0.15) is 11.6 Å². The number of fused-ring (bicyclic) bond motifs is 1. The Morgan fingerprint density at radius 3 is 3.09 bits per heavy atom. The Balaban J connectivity index is 2.57. The molecular formula is C8H9FN2. The SMILES string of the molecule is NC1CNc2c(F)cccc21. The van der Waals surface area contributed by atoms with Crippen LogP contribution in [0.2, 0.25) is 0 Å². The third-order valence-electron chi connectivity index (χ3n) is 1.94. The first-order valence-corrected chi connectivity index (χ1v) is 3.57. The molecule has 3 N–H and O–H groups in total. The van der Waals surface area contributed by atoms with Gasteiger partial charge in [0.2, 0.25) is 0 Å². The molecule has 1 aliphatic heterocycles. The van der Waals surface area contributed by atoms with Gasteiger partial charge in [0.05, 0.1) is 5.69 Å². The quantitative estimate of drug-likeness (QED) is 0.587. The van der Waals surface area contributed by atoms with Gasteiger partial charge in [-0.1, -0.05) is 12.1 Å². The van der Waals surface area contributed by atoms with E-state index in [1.54, 1.807) is 6.07 Å². The number of hydrogen-bond acceptors (Lipinski definition) is 2. The van der Waals surface area contributed by atoms with Gasteiger partial charge in [-0.2, -0.15) is 0 Å². The number of rotatable bonds is 0. The van der Waals surface area contributed by atoms with Crippen molar-refractivity contribution in [2.45, 2.75) is 6.04 Å². The highest BCUT2D eigenvalue weighted by atomic mass is 19.1. The second-order valence-corrected chi connectivity index (χ2v) is 2.69. The molecular weight excluding hydrogens is 143 g/mol. The summed E-state index contributed by atoms with van der Waals surface area (Å²) in [7, 11) is 0. The zero-order valence-electron chi connectivity index (χ0n) is 5.97. The second-order valence-electron chi connectivity index (χ2n) is 2.69. The first-order chi connectivity index (χ1) is 5.29. The number of halogens is 1. The summed E-state index contributed by atoms with van der Waals surface area (Å²) in [5.74, 6) is -0.213. The summed E-state index contributed by atoms with van der Waals surface area (Å²) >= 11 is 0. The van der Waals surface area contributed by atoms with Crippen LogP contribution in [0, 0.1) is 5.82 Å². The van der Waals surface area contributed by atoms with Crippen molar-refractivity contribution in [3.05, 3.63) is 29.6 Å². The van der Waals surface area contributed by atoms with Crippen molar-refractivity contribution in [1.29, 1.82) is 0 Å². The van der Waals surface area contributed by atoms with Crippen LogP contribution in [0.4, 0.5) is 10.1 Å². The molecule has 0 fully saturated rings. The summed E-state index contributed by atoms with van der Waals surface area (Å²) in [5, 5.41) is 2.92. The Hall–Kier alpha value is -1.09. The number of anilines is 1. The van der Waals surface area contributed by atoms with Crippen LogP contribution >= 0.6 is 0 Å². The lowest BCUT2D eigenvalue weighted by Crippen LogP contribution is -2.11. The molecule has 3 heteroatoms. The van der Waals surface area contributed by atoms with E-state index in [9.17, 15) is 4.39 Å². The molecule has 1 atom stereocenters. The molecule has 0 spiro atoms. The maximum atomic E-state index is 12.9. The third-order valence-corrected chi connectivity index (χ3v) is 1.94. The van der Waals surface area contributed by atoms with Crippen LogP contribution in [0.25, 0.3) is 0 Å². The van der Waals surface area contributed by atoms with Gasteiger partial charge in [0.25, 0.3) is 0 Å². The lowest BCUT2D eigenvalue weighted by Gasteiger charge is -2.01. The highest BCUT2D eigenvalue weighted by Gasteiger charge is 2.20. The Kier molecular flexibility index (Phi) is 1.32. The summed E-state index contributed by atoms with van der Waals surface area (Å²) in [5.41, 5.74) is 7.14. The van der Waals surface area contributed by atoms with E-state index in [-0.39, 0.29) is 11.9 Å². The first-order valence-electron chi connectivity index (χ1n) is 3.57. The summed E-state index contributed by atoms with van der Waals surface area (Å²) in [6, 6.07) is 4.91. The predicted octanol–water partition coefficient (Wildman–Crippen LogP) is 1.25. The van der Waals surface area contributed by atoms with Crippen LogP contribution in [-0.2, 0) is 0 Å². The molecule has 0 aliphatic carbocycles. The van der Waals surface area contributed by atoms with Crippen molar-refractivity contribution < 1.29 is 4.39 Å². The molecule has 0 saturated carbocycles. The van der Waals surface area contributed by atoms with Gasteiger partial charge < -0.3 is 11.1 Å². The van der Waals surface area contributed by atoms with Crippen molar-refractivity contribution in [3.8, 4) is 0 Å². The molecule has 0 radical (unpaired) electrons. The van der Waals surface area contributed by atoms with E-state index in [0.29, 0.717) is 12.2 Å². The normalized spacial score (nSPS) is 21.1. The van der Waals surface area contributed by atoms with Crippen LogP contribution < -0.4 is 11.1 Å². The van der Waals surface area contributed by atoms with E-state index in [1.807, 2.05) is 6.07 Å². The molecule has 1 unspecified atom stereocenters. The fourth-order valence-electron chi connectivity index (χ4n) is 1.36. The van der Waals surface area contributed by atoms with Crippen LogP contribution in [0.3, 0.4) is 0 Å². The lowest BCUT2D eigenvalue weighted by molar-refractivity contribution is 0.631. The Labute approximate surface area is 64.2 Å². The molecule has 1 heterocycles. The lowest BCUT2D eigenvalue weighted by atomic mass is 10.1. The van der Waals surface area contributed by atoms with E-state index in [2.05, 4.69) is 5.32 Å². The van der Waals surface area contributed by atoms with Gasteiger partial charge in [-0.25, -0.2) is 4.39 Å². The number of nitrogens with two attached hydrogens (primary N) is 1. The molecule has 2 nitrogen and oxygen atoms in total. The van der Waals surface area contributed by atoms with E-state index < -0.39 is 0 Å². The molecule has 0 aromatic heterocycles. The van der Waals surface area contributed by atoms with E-state index in [4.69, 9.17) is 5.73 Å². The smallest absolute Gasteiger partial charge is 0.146 e. The highest BCUT2D eigenvalue weighted by Crippen LogP contribution is 2.29. The van der Waals surface area contributed by atoms with Crippen LogP contribution in [0.5, 0.6) is 0 Å². The fraction of sp³-hybridized carbons (Fsp3) is 0.250. The standard InChI is InChI=1S/C8H9FN2/c9-6-3-1-2-5-7(10)4-11-8(5)6/h1-3,7,11H,4,10H2. The summed E-state index contributed by atoms with van der Waals surface area (Å²) in [6.07, 6.45) is 0. The molecule has 2 rings (SSSR count). The summed E-state index contributed by atoms with van der Waals surface area (Å²) in [6.45, 7) is 0.635. The Bertz CT molecular complexity index is 285. The second kappa shape index (κ2) is 2.20. The maximum absolute atomic E-state index is 12.9. The number of nitrogens with one attached hydrogen (secondary N) is 1. The van der Waals surface area contributed by atoms with Crippen molar-refractivity contribution in [3.63, 3.8) is 0 Å². The van der Waals surface area contributed by atoms with Gasteiger partial charge in [-0.05, 0) is 11.6 Å². The average Bonchev–Trinajstić information content (AvgIpc) is 2.35. The Morgan fingerprint density at radius 2 is 2.36 bits per heavy atom. The van der Waals surface area contributed by atoms with Gasteiger partial charge in [-0.15, -0.1) is 0 Å². The molecule has 1 aromatic rings.